The summed E-state index contributed by atoms with van der Waals surface area (Å²) in [5, 5.41) is 0. The van der Waals surface area contributed by atoms with E-state index in [9.17, 15) is 4.79 Å². The van der Waals surface area contributed by atoms with Gasteiger partial charge >= 0.3 is 0 Å². The Kier molecular flexibility index (Phi) is 5.37. The van der Waals surface area contributed by atoms with Gasteiger partial charge in [-0.25, -0.2) is 0 Å². The van der Waals surface area contributed by atoms with Crippen LogP contribution in [0.15, 0.2) is 18.2 Å². The van der Waals surface area contributed by atoms with Crippen LogP contribution < -0.4 is 4.74 Å². The van der Waals surface area contributed by atoms with Crippen LogP contribution in [0.4, 0.5) is 0 Å². The quantitative estimate of drug-likeness (QED) is 0.780. The highest BCUT2D eigenvalue weighted by Crippen LogP contribution is 2.24. The maximum absolute atomic E-state index is 11.5. The molecule has 1 heterocycles. The summed E-state index contributed by atoms with van der Waals surface area (Å²) in [6.45, 7) is 4.64. The number of hydrogen-bond acceptors (Lipinski definition) is 4. The van der Waals surface area contributed by atoms with Crippen molar-refractivity contribution in [2.75, 3.05) is 34.3 Å². The van der Waals surface area contributed by atoms with Crippen LogP contribution in [-0.2, 0) is 6.54 Å². The van der Waals surface area contributed by atoms with Crippen LogP contribution in [0.3, 0.4) is 0 Å². The molecular formula is C17H26N2O2. The third-order valence-corrected chi connectivity index (χ3v) is 4.37. The minimum absolute atomic E-state index is 0.102. The van der Waals surface area contributed by atoms with Gasteiger partial charge in [0, 0.05) is 23.7 Å². The van der Waals surface area contributed by atoms with Crippen LogP contribution in [0.1, 0.15) is 35.7 Å². The van der Waals surface area contributed by atoms with Gasteiger partial charge in [-0.05, 0) is 65.1 Å². The van der Waals surface area contributed by atoms with Gasteiger partial charge in [0.2, 0.25) is 0 Å². The molecule has 0 atom stereocenters. The van der Waals surface area contributed by atoms with E-state index >= 15 is 0 Å². The molecular weight excluding hydrogens is 264 g/mol. The molecule has 1 aromatic carbocycles. The number of carbonyl (C=O) groups is 1. The van der Waals surface area contributed by atoms with Gasteiger partial charge in [0.15, 0.2) is 5.78 Å². The highest BCUT2D eigenvalue weighted by Gasteiger charge is 2.21. The zero-order chi connectivity index (χ0) is 15.4. The van der Waals surface area contributed by atoms with Crippen molar-refractivity contribution in [1.29, 1.82) is 0 Å². The van der Waals surface area contributed by atoms with E-state index in [4.69, 9.17) is 4.74 Å². The molecule has 0 unspecified atom stereocenters. The lowest BCUT2D eigenvalue weighted by Crippen LogP contribution is -2.41. The minimum Gasteiger partial charge on any atom is -0.496 e. The molecule has 0 N–H and O–H groups in total. The number of rotatable bonds is 5. The van der Waals surface area contributed by atoms with E-state index in [1.807, 2.05) is 18.2 Å². The Hall–Kier alpha value is -1.39. The van der Waals surface area contributed by atoms with E-state index in [0.29, 0.717) is 6.04 Å². The molecule has 0 radical (unpaired) electrons. The molecule has 116 valence electrons. The molecule has 0 bridgehead atoms. The predicted molar refractivity (Wildman–Crippen MR) is 85.0 cm³/mol. The molecule has 0 spiro atoms. The number of hydrogen-bond donors (Lipinski definition) is 0. The summed E-state index contributed by atoms with van der Waals surface area (Å²) in [5.74, 6) is 0.972. The maximum atomic E-state index is 11.5. The van der Waals surface area contributed by atoms with Crippen LogP contribution >= 0.6 is 0 Å². The van der Waals surface area contributed by atoms with Crippen molar-refractivity contribution in [3.63, 3.8) is 0 Å². The predicted octanol–water partition coefficient (Wildman–Crippen LogP) is 2.42. The lowest BCUT2D eigenvalue weighted by molar-refractivity contribution is 0.101. The van der Waals surface area contributed by atoms with E-state index in [1.54, 1.807) is 14.0 Å². The number of likely N-dealkylation sites (tertiary alicyclic amines) is 1. The van der Waals surface area contributed by atoms with Crippen LogP contribution in [0, 0.1) is 0 Å². The number of nitrogens with zero attached hydrogens (tertiary/aromatic N) is 2. The SMILES string of the molecule is COc1ccc(C(C)=O)cc1CN1CCC(N(C)C)CC1. The molecule has 1 aliphatic heterocycles. The average Bonchev–Trinajstić information content (AvgIpc) is 2.47. The molecule has 0 amide bonds. The fraction of sp³-hybridized carbons (Fsp3) is 0.588. The van der Waals surface area contributed by atoms with E-state index in [-0.39, 0.29) is 5.78 Å². The van der Waals surface area contributed by atoms with Crippen molar-refractivity contribution >= 4 is 5.78 Å². The molecule has 2 rings (SSSR count). The standard InChI is InChI=1S/C17H26N2O2/c1-13(20)14-5-6-17(21-4)15(11-14)12-19-9-7-16(8-10-19)18(2)3/h5-6,11,16H,7-10,12H2,1-4H3. The fourth-order valence-electron chi connectivity index (χ4n) is 2.96. The Morgan fingerprint density at radius 1 is 1.33 bits per heavy atom. The summed E-state index contributed by atoms with van der Waals surface area (Å²) in [5.41, 5.74) is 1.86. The molecule has 0 saturated carbocycles. The topological polar surface area (TPSA) is 32.8 Å². The molecule has 4 heteroatoms. The lowest BCUT2D eigenvalue weighted by Gasteiger charge is -2.35. The first-order valence-corrected chi connectivity index (χ1v) is 7.58. The molecule has 0 aromatic heterocycles. The largest absolute Gasteiger partial charge is 0.496 e. The monoisotopic (exact) mass is 290 g/mol. The molecule has 1 saturated heterocycles. The van der Waals surface area contributed by atoms with Gasteiger partial charge in [-0.3, -0.25) is 9.69 Å². The number of methoxy groups -OCH3 is 1. The van der Waals surface area contributed by atoms with Crippen molar-refractivity contribution < 1.29 is 9.53 Å². The summed E-state index contributed by atoms with van der Waals surface area (Å²) in [6, 6.07) is 6.40. The lowest BCUT2D eigenvalue weighted by atomic mass is 10.0. The van der Waals surface area contributed by atoms with Crippen LogP contribution in [0.5, 0.6) is 5.75 Å². The summed E-state index contributed by atoms with van der Waals surface area (Å²) in [4.78, 5) is 16.3. The Balaban J connectivity index is 2.05. The molecule has 0 aliphatic carbocycles. The summed E-state index contributed by atoms with van der Waals surface area (Å²) in [7, 11) is 5.99. The van der Waals surface area contributed by atoms with Crippen LogP contribution in [-0.4, -0.2) is 55.9 Å². The van der Waals surface area contributed by atoms with Gasteiger partial charge in [0.1, 0.15) is 5.75 Å². The third-order valence-electron chi connectivity index (χ3n) is 4.37. The molecule has 1 aromatic rings. The Labute approximate surface area is 127 Å². The first-order valence-electron chi connectivity index (χ1n) is 7.58. The minimum atomic E-state index is 0.102. The van der Waals surface area contributed by atoms with Gasteiger partial charge in [-0.1, -0.05) is 0 Å². The molecule has 1 aliphatic rings. The van der Waals surface area contributed by atoms with Gasteiger partial charge in [-0.15, -0.1) is 0 Å². The van der Waals surface area contributed by atoms with Crippen LogP contribution in [0.25, 0.3) is 0 Å². The van der Waals surface area contributed by atoms with Crippen molar-refractivity contribution in [3.05, 3.63) is 29.3 Å². The number of ketones is 1. The third kappa shape index (κ3) is 4.05. The van der Waals surface area contributed by atoms with Crippen LogP contribution in [0.2, 0.25) is 0 Å². The second kappa shape index (κ2) is 7.05. The van der Waals surface area contributed by atoms with Gasteiger partial charge in [0.05, 0.1) is 7.11 Å². The number of carbonyl (C=O) groups excluding carboxylic acids is 1. The molecule has 1 fully saturated rings. The summed E-state index contributed by atoms with van der Waals surface area (Å²) in [6.07, 6.45) is 2.39. The van der Waals surface area contributed by atoms with E-state index in [0.717, 1.165) is 36.5 Å². The Bertz CT molecular complexity index is 492. The first kappa shape index (κ1) is 16.0. The number of Topliss-reactive ketones (excluding diaryl/α,β-unsaturated/α-hetero) is 1. The zero-order valence-electron chi connectivity index (χ0n) is 13.6. The molecule has 4 nitrogen and oxygen atoms in total. The van der Waals surface area contributed by atoms with Gasteiger partial charge < -0.3 is 9.64 Å². The fourth-order valence-corrected chi connectivity index (χ4v) is 2.96. The van der Waals surface area contributed by atoms with Gasteiger partial charge in [0.25, 0.3) is 0 Å². The number of benzene rings is 1. The van der Waals surface area contributed by atoms with E-state index in [1.165, 1.54) is 12.8 Å². The Morgan fingerprint density at radius 3 is 2.52 bits per heavy atom. The number of piperidine rings is 1. The van der Waals surface area contributed by atoms with Crippen molar-refractivity contribution in [2.24, 2.45) is 0 Å². The normalized spacial score (nSPS) is 17.2. The number of ether oxygens (including phenoxy) is 1. The van der Waals surface area contributed by atoms with E-state index < -0.39 is 0 Å². The maximum Gasteiger partial charge on any atom is 0.159 e. The highest BCUT2D eigenvalue weighted by atomic mass is 16.5. The van der Waals surface area contributed by atoms with Crippen molar-refractivity contribution in [1.82, 2.24) is 9.80 Å². The van der Waals surface area contributed by atoms with Gasteiger partial charge in [-0.2, -0.15) is 0 Å². The van der Waals surface area contributed by atoms with E-state index in [2.05, 4.69) is 23.9 Å². The Morgan fingerprint density at radius 2 is 2.00 bits per heavy atom. The zero-order valence-corrected chi connectivity index (χ0v) is 13.6. The average molecular weight is 290 g/mol. The second-order valence-electron chi connectivity index (χ2n) is 6.05. The first-order chi connectivity index (χ1) is 10.0. The summed E-state index contributed by atoms with van der Waals surface area (Å²) < 4.78 is 5.43. The second-order valence-corrected chi connectivity index (χ2v) is 6.05. The van der Waals surface area contributed by atoms with Crippen molar-refractivity contribution in [2.45, 2.75) is 32.4 Å². The smallest absolute Gasteiger partial charge is 0.159 e. The summed E-state index contributed by atoms with van der Waals surface area (Å²) >= 11 is 0. The molecule has 21 heavy (non-hydrogen) atoms. The van der Waals surface area contributed by atoms with Crippen molar-refractivity contribution in [3.8, 4) is 5.75 Å². The highest BCUT2D eigenvalue weighted by molar-refractivity contribution is 5.94.